The summed E-state index contributed by atoms with van der Waals surface area (Å²) < 4.78 is 1.67. The molecule has 1 saturated carbocycles. The van der Waals surface area contributed by atoms with E-state index < -0.39 is 0 Å². The molecule has 0 unspecified atom stereocenters. The van der Waals surface area contributed by atoms with Crippen LogP contribution in [0.25, 0.3) is 5.82 Å². The fourth-order valence-corrected chi connectivity index (χ4v) is 1.85. The van der Waals surface area contributed by atoms with E-state index in [2.05, 4.69) is 20.7 Å². The molecule has 0 spiro atoms. The quantitative estimate of drug-likeness (QED) is 0.828. The minimum atomic E-state index is 0.0162. The fourth-order valence-electron chi connectivity index (χ4n) is 1.85. The molecule has 1 fully saturated rings. The second-order valence-corrected chi connectivity index (χ2v) is 4.96. The van der Waals surface area contributed by atoms with Crippen molar-refractivity contribution >= 4 is 11.6 Å². The Labute approximate surface area is 117 Å². The number of anilines is 1. The van der Waals surface area contributed by atoms with E-state index >= 15 is 0 Å². The standard InChI is InChI=1S/C14H17N5O/c20-14(17-7-11-4-5-11)9-16-12-8-18-19(10-12)13-3-1-2-6-15-13/h1-3,6,8,10-11,16H,4-5,7,9H2,(H,17,20). The van der Waals surface area contributed by atoms with Crippen molar-refractivity contribution in [3.8, 4) is 5.82 Å². The van der Waals surface area contributed by atoms with Crippen molar-refractivity contribution in [3.63, 3.8) is 0 Å². The average molecular weight is 271 g/mol. The van der Waals surface area contributed by atoms with Crippen LogP contribution in [0, 0.1) is 5.92 Å². The number of carbonyl (C=O) groups is 1. The van der Waals surface area contributed by atoms with Gasteiger partial charge < -0.3 is 10.6 Å². The first kappa shape index (κ1) is 12.7. The molecular weight excluding hydrogens is 254 g/mol. The highest BCUT2D eigenvalue weighted by molar-refractivity contribution is 5.80. The fraction of sp³-hybridized carbons (Fsp3) is 0.357. The van der Waals surface area contributed by atoms with Gasteiger partial charge in [0.25, 0.3) is 0 Å². The number of nitrogens with zero attached hydrogens (tertiary/aromatic N) is 3. The van der Waals surface area contributed by atoms with Crippen LogP contribution in [0.3, 0.4) is 0 Å². The maximum Gasteiger partial charge on any atom is 0.239 e. The summed E-state index contributed by atoms with van der Waals surface area (Å²) in [7, 11) is 0. The Morgan fingerprint density at radius 3 is 3.05 bits per heavy atom. The Hall–Kier alpha value is -2.37. The smallest absolute Gasteiger partial charge is 0.239 e. The van der Waals surface area contributed by atoms with Gasteiger partial charge in [0.15, 0.2) is 5.82 Å². The van der Waals surface area contributed by atoms with Crippen LogP contribution in [-0.4, -0.2) is 33.8 Å². The van der Waals surface area contributed by atoms with Crippen LogP contribution in [0.4, 0.5) is 5.69 Å². The monoisotopic (exact) mass is 271 g/mol. The van der Waals surface area contributed by atoms with Crippen molar-refractivity contribution in [2.24, 2.45) is 5.92 Å². The summed E-state index contributed by atoms with van der Waals surface area (Å²) in [4.78, 5) is 15.8. The highest BCUT2D eigenvalue weighted by Crippen LogP contribution is 2.27. The molecule has 0 aromatic carbocycles. The number of hydrogen-bond donors (Lipinski definition) is 2. The van der Waals surface area contributed by atoms with Gasteiger partial charge in [0.2, 0.25) is 5.91 Å². The second kappa shape index (κ2) is 5.73. The van der Waals surface area contributed by atoms with Gasteiger partial charge in [-0.2, -0.15) is 5.10 Å². The Balaban J connectivity index is 1.50. The number of hydrogen-bond acceptors (Lipinski definition) is 4. The molecule has 1 amide bonds. The van der Waals surface area contributed by atoms with E-state index in [-0.39, 0.29) is 12.5 Å². The molecule has 3 rings (SSSR count). The highest BCUT2D eigenvalue weighted by atomic mass is 16.1. The van der Waals surface area contributed by atoms with E-state index in [1.807, 2.05) is 24.4 Å². The summed E-state index contributed by atoms with van der Waals surface area (Å²) in [6.45, 7) is 1.06. The van der Waals surface area contributed by atoms with Crippen LogP contribution in [0.1, 0.15) is 12.8 Å². The molecule has 1 aliphatic carbocycles. The summed E-state index contributed by atoms with van der Waals surface area (Å²) >= 11 is 0. The second-order valence-electron chi connectivity index (χ2n) is 4.96. The van der Waals surface area contributed by atoms with Gasteiger partial charge in [0.1, 0.15) is 0 Å². The number of carbonyl (C=O) groups excluding carboxylic acids is 1. The van der Waals surface area contributed by atoms with E-state index in [1.54, 1.807) is 17.1 Å². The van der Waals surface area contributed by atoms with Crippen LogP contribution in [0.5, 0.6) is 0 Å². The van der Waals surface area contributed by atoms with E-state index in [1.165, 1.54) is 12.8 Å². The van der Waals surface area contributed by atoms with E-state index in [0.29, 0.717) is 5.92 Å². The lowest BCUT2D eigenvalue weighted by Crippen LogP contribution is -2.31. The van der Waals surface area contributed by atoms with Crippen LogP contribution >= 0.6 is 0 Å². The molecule has 2 heterocycles. The van der Waals surface area contributed by atoms with Gasteiger partial charge in [0.05, 0.1) is 24.6 Å². The maximum atomic E-state index is 11.6. The van der Waals surface area contributed by atoms with Gasteiger partial charge in [-0.25, -0.2) is 9.67 Å². The summed E-state index contributed by atoms with van der Waals surface area (Å²) in [5.74, 6) is 1.46. The van der Waals surface area contributed by atoms with Crippen molar-refractivity contribution in [2.75, 3.05) is 18.4 Å². The predicted molar refractivity (Wildman–Crippen MR) is 75.6 cm³/mol. The first-order chi connectivity index (χ1) is 9.81. The summed E-state index contributed by atoms with van der Waals surface area (Å²) in [6.07, 6.45) is 7.70. The highest BCUT2D eigenvalue weighted by Gasteiger charge is 2.21. The summed E-state index contributed by atoms with van der Waals surface area (Å²) in [6, 6.07) is 5.64. The lowest BCUT2D eigenvalue weighted by atomic mass is 10.4. The minimum Gasteiger partial charge on any atom is -0.374 e. The molecule has 0 atom stereocenters. The molecule has 0 radical (unpaired) electrons. The zero-order chi connectivity index (χ0) is 13.8. The molecule has 0 saturated heterocycles. The van der Waals surface area contributed by atoms with Gasteiger partial charge in [-0.05, 0) is 30.9 Å². The SMILES string of the molecule is O=C(CNc1cnn(-c2ccccn2)c1)NCC1CC1. The van der Waals surface area contributed by atoms with E-state index in [9.17, 15) is 4.79 Å². The Bertz CT molecular complexity index is 576. The molecule has 0 bridgehead atoms. The molecule has 6 heteroatoms. The average Bonchev–Trinajstić information content (AvgIpc) is 3.20. The van der Waals surface area contributed by atoms with Gasteiger partial charge in [-0.1, -0.05) is 6.07 Å². The Morgan fingerprint density at radius 1 is 1.40 bits per heavy atom. The number of rotatable bonds is 6. The van der Waals surface area contributed by atoms with Gasteiger partial charge in [-0.15, -0.1) is 0 Å². The maximum absolute atomic E-state index is 11.6. The summed E-state index contributed by atoms with van der Waals surface area (Å²) in [5.41, 5.74) is 0.803. The van der Waals surface area contributed by atoms with E-state index in [4.69, 9.17) is 0 Å². The molecule has 6 nitrogen and oxygen atoms in total. The molecule has 104 valence electrons. The normalized spacial score (nSPS) is 14.0. The molecule has 1 aliphatic rings. The van der Waals surface area contributed by atoms with Crippen LogP contribution in [0.15, 0.2) is 36.8 Å². The van der Waals surface area contributed by atoms with Crippen molar-refractivity contribution in [3.05, 3.63) is 36.8 Å². The zero-order valence-electron chi connectivity index (χ0n) is 11.1. The molecule has 2 aromatic heterocycles. The van der Waals surface area contributed by atoms with Gasteiger partial charge >= 0.3 is 0 Å². The minimum absolute atomic E-state index is 0.0162. The topological polar surface area (TPSA) is 71.8 Å². The first-order valence-electron chi connectivity index (χ1n) is 6.78. The predicted octanol–water partition coefficient (Wildman–Crippen LogP) is 1.21. The molecule has 0 aliphatic heterocycles. The van der Waals surface area contributed by atoms with Crippen LogP contribution in [-0.2, 0) is 4.79 Å². The van der Waals surface area contributed by atoms with Crippen LogP contribution < -0.4 is 10.6 Å². The van der Waals surface area contributed by atoms with Crippen molar-refractivity contribution in [2.45, 2.75) is 12.8 Å². The lowest BCUT2D eigenvalue weighted by Gasteiger charge is -2.05. The Morgan fingerprint density at radius 2 is 2.30 bits per heavy atom. The zero-order valence-corrected chi connectivity index (χ0v) is 11.1. The first-order valence-corrected chi connectivity index (χ1v) is 6.78. The molecular formula is C14H17N5O. The molecule has 20 heavy (non-hydrogen) atoms. The van der Waals surface area contributed by atoms with E-state index in [0.717, 1.165) is 18.1 Å². The number of aromatic nitrogens is 3. The lowest BCUT2D eigenvalue weighted by molar-refractivity contribution is -0.119. The van der Waals surface area contributed by atoms with Crippen molar-refractivity contribution in [1.82, 2.24) is 20.1 Å². The van der Waals surface area contributed by atoms with Crippen molar-refractivity contribution in [1.29, 1.82) is 0 Å². The third-order valence-corrected chi connectivity index (χ3v) is 3.20. The third kappa shape index (κ3) is 3.34. The van der Waals surface area contributed by atoms with Crippen LogP contribution in [0.2, 0.25) is 0 Å². The summed E-state index contributed by atoms with van der Waals surface area (Å²) in [5, 5.41) is 10.2. The third-order valence-electron chi connectivity index (χ3n) is 3.20. The Kier molecular flexibility index (Phi) is 3.62. The molecule has 2 N–H and O–H groups in total. The number of pyridine rings is 1. The molecule has 2 aromatic rings. The van der Waals surface area contributed by atoms with Gasteiger partial charge in [0, 0.05) is 12.7 Å². The van der Waals surface area contributed by atoms with Gasteiger partial charge in [-0.3, -0.25) is 4.79 Å². The number of nitrogens with one attached hydrogen (secondary N) is 2. The largest absolute Gasteiger partial charge is 0.374 e. The van der Waals surface area contributed by atoms with Crippen molar-refractivity contribution < 1.29 is 4.79 Å². The number of amides is 1.